The summed E-state index contributed by atoms with van der Waals surface area (Å²) in [5, 5.41) is 3.02. The zero-order valence-corrected chi connectivity index (χ0v) is 28.5. The molecule has 1 N–H and O–H groups in total. The first-order chi connectivity index (χ1) is 22.6. The molecule has 4 atom stereocenters. The highest BCUT2D eigenvalue weighted by Crippen LogP contribution is 2.68. The number of hydrogen-bond donors (Lipinski definition) is 1. The molecule has 4 aliphatic rings. The molecule has 2 saturated carbocycles. The van der Waals surface area contributed by atoms with Crippen molar-refractivity contribution in [2.45, 2.75) is 102 Å². The van der Waals surface area contributed by atoms with Crippen LogP contribution >= 0.6 is 0 Å². The number of H-pyrrole nitrogens is 1. The summed E-state index contributed by atoms with van der Waals surface area (Å²) < 4.78 is 84.2. The summed E-state index contributed by atoms with van der Waals surface area (Å²) >= 11 is 0. The summed E-state index contributed by atoms with van der Waals surface area (Å²) in [6.45, 7) is 12.9. The number of nitrogens with one attached hydrogen (secondary N) is 1. The van der Waals surface area contributed by atoms with E-state index in [1.165, 1.54) is 41.1 Å². The van der Waals surface area contributed by atoms with Crippen molar-refractivity contribution in [3.05, 3.63) is 103 Å². The van der Waals surface area contributed by atoms with E-state index in [1.807, 2.05) is 0 Å². The van der Waals surface area contributed by atoms with Gasteiger partial charge < -0.3 is 0 Å². The van der Waals surface area contributed by atoms with Gasteiger partial charge in [0, 0.05) is 34.7 Å². The van der Waals surface area contributed by atoms with Crippen molar-refractivity contribution in [3.8, 4) is 11.4 Å². The highest BCUT2D eigenvalue weighted by molar-refractivity contribution is 5.51. The third-order valence-electron chi connectivity index (χ3n) is 13.3. The van der Waals surface area contributed by atoms with Gasteiger partial charge >= 0.3 is 12.4 Å². The van der Waals surface area contributed by atoms with Crippen LogP contribution in [0.4, 0.5) is 26.3 Å². The summed E-state index contributed by atoms with van der Waals surface area (Å²) in [7, 11) is 1.70. The number of para-hydroxylation sites is 2. The van der Waals surface area contributed by atoms with Gasteiger partial charge in [0.1, 0.15) is 0 Å². The number of rotatable bonds is 2. The SMILES string of the molecule is CC1(C)[C@@H]2CC[C@@]1(C)c1[nH]n(-c3ccccc3C(F)(F)F)c(=O)c12.Cn1c2c(c(=O)n1-c1ccccc1C(F)(F)F)[C@H]1CC[C@]2(C)C1(C)C. The second kappa shape index (κ2) is 10.1. The van der Waals surface area contributed by atoms with Gasteiger partial charge in [0.05, 0.1) is 28.2 Å². The fourth-order valence-electron chi connectivity index (χ4n) is 9.92. The number of aromatic amines is 1. The van der Waals surface area contributed by atoms with Crippen LogP contribution in [0.2, 0.25) is 0 Å². The first-order valence-corrected chi connectivity index (χ1v) is 16.6. The summed E-state index contributed by atoms with van der Waals surface area (Å²) in [4.78, 5) is 26.1. The first kappa shape index (κ1) is 33.5. The fraction of sp³-hybridized carbons (Fsp3) is 0.514. The molecule has 0 unspecified atom stereocenters. The molecule has 6 nitrogen and oxygen atoms in total. The van der Waals surface area contributed by atoms with Crippen LogP contribution in [-0.4, -0.2) is 19.1 Å². The van der Waals surface area contributed by atoms with Crippen LogP contribution in [0.5, 0.6) is 0 Å². The molecule has 2 aromatic carbocycles. The zero-order valence-electron chi connectivity index (χ0n) is 28.5. The van der Waals surface area contributed by atoms with E-state index in [2.05, 4.69) is 46.6 Å². The van der Waals surface area contributed by atoms with Gasteiger partial charge in [-0.2, -0.15) is 26.3 Å². The van der Waals surface area contributed by atoms with E-state index < -0.39 is 23.5 Å². The van der Waals surface area contributed by atoms with Crippen LogP contribution in [-0.2, 0) is 30.2 Å². The molecule has 0 aliphatic heterocycles. The number of halogens is 6. The van der Waals surface area contributed by atoms with Crippen LogP contribution in [0.25, 0.3) is 11.4 Å². The lowest BCUT2D eigenvalue weighted by Crippen LogP contribution is -2.35. The molecular formula is C37H40F6N4O2. The second-order valence-electron chi connectivity index (χ2n) is 15.8. The summed E-state index contributed by atoms with van der Waals surface area (Å²) in [5.41, 5.74) is 0.0982. The monoisotopic (exact) mass is 686 g/mol. The summed E-state index contributed by atoms with van der Waals surface area (Å²) in [5.74, 6) is 0.200. The predicted octanol–water partition coefficient (Wildman–Crippen LogP) is 8.73. The minimum Gasteiger partial charge on any atom is -0.294 e. The van der Waals surface area contributed by atoms with Crippen molar-refractivity contribution in [1.29, 1.82) is 0 Å². The minimum absolute atomic E-state index is 0.0583. The van der Waals surface area contributed by atoms with E-state index in [0.717, 1.165) is 53.9 Å². The lowest BCUT2D eigenvalue weighted by molar-refractivity contribution is -0.138. The maximum atomic E-state index is 13.4. The van der Waals surface area contributed by atoms with Gasteiger partial charge in [-0.25, -0.2) is 9.36 Å². The van der Waals surface area contributed by atoms with Gasteiger partial charge in [-0.3, -0.25) is 19.4 Å². The minimum atomic E-state index is -4.51. The number of aromatic nitrogens is 4. The van der Waals surface area contributed by atoms with Crippen molar-refractivity contribution < 1.29 is 26.3 Å². The van der Waals surface area contributed by atoms with Gasteiger partial charge in [-0.15, -0.1) is 0 Å². The Bertz CT molecular complexity index is 2130. The van der Waals surface area contributed by atoms with Crippen molar-refractivity contribution in [2.24, 2.45) is 17.9 Å². The van der Waals surface area contributed by atoms with Gasteiger partial charge in [-0.1, -0.05) is 65.8 Å². The van der Waals surface area contributed by atoms with Crippen LogP contribution in [0, 0.1) is 10.8 Å². The van der Waals surface area contributed by atoms with Crippen molar-refractivity contribution >= 4 is 0 Å². The predicted molar refractivity (Wildman–Crippen MR) is 174 cm³/mol. The number of benzene rings is 2. The smallest absolute Gasteiger partial charge is 0.294 e. The maximum Gasteiger partial charge on any atom is 0.418 e. The van der Waals surface area contributed by atoms with E-state index in [-0.39, 0.29) is 56.0 Å². The fourth-order valence-corrected chi connectivity index (χ4v) is 9.92. The quantitative estimate of drug-likeness (QED) is 0.215. The van der Waals surface area contributed by atoms with E-state index in [9.17, 15) is 35.9 Å². The van der Waals surface area contributed by atoms with Gasteiger partial charge in [-0.05, 0) is 72.6 Å². The third kappa shape index (κ3) is 4.21. The Morgan fingerprint density at radius 3 is 1.67 bits per heavy atom. The van der Waals surface area contributed by atoms with Crippen LogP contribution in [0.15, 0.2) is 58.1 Å². The molecule has 0 saturated heterocycles. The van der Waals surface area contributed by atoms with Crippen molar-refractivity contribution in [2.75, 3.05) is 0 Å². The summed E-state index contributed by atoms with van der Waals surface area (Å²) in [6, 6.07) is 10.5. The molecule has 262 valence electrons. The molecule has 12 heteroatoms. The average Bonchev–Trinajstić information content (AvgIpc) is 3.73. The lowest BCUT2D eigenvalue weighted by Gasteiger charge is -2.36. The molecule has 8 rings (SSSR count). The molecule has 0 spiro atoms. The van der Waals surface area contributed by atoms with E-state index in [1.54, 1.807) is 11.7 Å². The molecule has 4 bridgehead atoms. The molecular weight excluding hydrogens is 646 g/mol. The molecule has 0 amide bonds. The van der Waals surface area contributed by atoms with Gasteiger partial charge in [0.2, 0.25) is 0 Å². The molecule has 0 radical (unpaired) electrons. The number of alkyl halides is 6. The third-order valence-corrected chi connectivity index (χ3v) is 13.3. The second-order valence-corrected chi connectivity index (χ2v) is 15.8. The normalized spacial score (nSPS) is 27.2. The molecule has 4 aliphatic carbocycles. The molecule has 49 heavy (non-hydrogen) atoms. The molecule has 2 fully saturated rings. The number of nitrogens with zero attached hydrogens (tertiary/aromatic N) is 3. The first-order valence-electron chi connectivity index (χ1n) is 16.6. The number of hydrogen-bond acceptors (Lipinski definition) is 2. The Morgan fingerprint density at radius 1 is 0.673 bits per heavy atom. The highest BCUT2D eigenvalue weighted by Gasteiger charge is 2.63. The topological polar surface area (TPSA) is 64.7 Å². The van der Waals surface area contributed by atoms with E-state index >= 15 is 0 Å². The Hall–Kier alpha value is -3.96. The van der Waals surface area contributed by atoms with Crippen LogP contribution < -0.4 is 11.1 Å². The van der Waals surface area contributed by atoms with Gasteiger partial charge in [0.15, 0.2) is 0 Å². The standard InChI is InChI=1S/C19H21F3N2O.C18H19F3N2O/c1-17(2)12-9-10-18(17,3)15-14(12)16(25)24(23(15)4)13-8-6-5-7-11(13)19(20,21)22;1-16(2)11-8-9-17(16,3)14-13(11)15(24)23(22-14)12-7-5-4-6-10(12)18(19,20)21/h5-8,12H,9-10H2,1-4H3;4-7,11,22H,8-9H2,1-3H3/t12-,18+;11-,17+/m11/s1. The Labute approximate surface area is 279 Å². The van der Waals surface area contributed by atoms with Crippen LogP contribution in [0.3, 0.4) is 0 Å². The number of fused-ring (bicyclic) bond motifs is 10. The lowest BCUT2D eigenvalue weighted by atomic mass is 9.70. The summed E-state index contributed by atoms with van der Waals surface area (Å²) in [6.07, 6.45) is -5.30. The van der Waals surface area contributed by atoms with Crippen molar-refractivity contribution in [3.63, 3.8) is 0 Å². The average molecular weight is 687 g/mol. The zero-order chi connectivity index (χ0) is 35.9. The van der Waals surface area contributed by atoms with Crippen molar-refractivity contribution in [1.82, 2.24) is 19.1 Å². The van der Waals surface area contributed by atoms with E-state index in [0.29, 0.717) is 11.1 Å². The van der Waals surface area contributed by atoms with Crippen LogP contribution in [0.1, 0.15) is 113 Å². The molecule has 4 aromatic rings. The van der Waals surface area contributed by atoms with Gasteiger partial charge in [0.25, 0.3) is 11.1 Å². The molecule has 2 heterocycles. The highest BCUT2D eigenvalue weighted by atomic mass is 19.4. The molecule has 2 aromatic heterocycles. The van der Waals surface area contributed by atoms with E-state index in [4.69, 9.17) is 0 Å². The Morgan fingerprint density at radius 2 is 1.14 bits per heavy atom. The maximum absolute atomic E-state index is 13.4. The Kier molecular flexibility index (Phi) is 6.89. The largest absolute Gasteiger partial charge is 0.418 e. The Balaban J connectivity index is 0.000000154.